The van der Waals surface area contributed by atoms with Crippen molar-refractivity contribution in [1.29, 1.82) is 0 Å². The highest BCUT2D eigenvalue weighted by Gasteiger charge is 2.15. The van der Waals surface area contributed by atoms with E-state index >= 15 is 0 Å². The van der Waals surface area contributed by atoms with E-state index in [9.17, 15) is 14.7 Å². The Hall–Kier alpha value is -4.20. The molecule has 0 aliphatic rings. The Morgan fingerprint density at radius 1 is 1.09 bits per heavy atom. The Labute approximate surface area is 197 Å². The standard InChI is InChI=1S/C26H28N4O4/c1-7-22(24(34-6)17(4)19-9-8-10-20(14-19)26(32)33)27-28-23-18(5)29-30(25(23)31)21-12-11-15(2)16(3)13-21/h7-14,29H,1-6H3,(H,32,33)/b22-7+,24-17-,28-27?. The van der Waals surface area contributed by atoms with Crippen molar-refractivity contribution in [2.24, 2.45) is 10.2 Å². The Morgan fingerprint density at radius 3 is 2.41 bits per heavy atom. The molecule has 1 aromatic heterocycles. The van der Waals surface area contributed by atoms with E-state index in [1.54, 1.807) is 38.1 Å². The van der Waals surface area contributed by atoms with Gasteiger partial charge in [0.1, 0.15) is 11.5 Å². The van der Waals surface area contributed by atoms with Crippen LogP contribution in [0, 0.1) is 20.8 Å². The first-order chi connectivity index (χ1) is 16.2. The molecule has 1 heterocycles. The number of carboxylic acid groups (broad SMARTS) is 1. The van der Waals surface area contributed by atoms with Gasteiger partial charge in [-0.15, -0.1) is 10.2 Å². The fraction of sp³-hybridized carbons (Fsp3) is 0.231. The monoisotopic (exact) mass is 460 g/mol. The maximum Gasteiger partial charge on any atom is 0.335 e. The lowest BCUT2D eigenvalue weighted by molar-refractivity contribution is 0.0697. The van der Waals surface area contributed by atoms with Crippen molar-refractivity contribution in [3.8, 4) is 5.69 Å². The maximum absolute atomic E-state index is 13.0. The lowest BCUT2D eigenvalue weighted by atomic mass is 10.0. The van der Waals surface area contributed by atoms with Gasteiger partial charge in [-0.05, 0) is 75.6 Å². The number of H-pyrrole nitrogens is 1. The third kappa shape index (κ3) is 4.91. The molecule has 0 radical (unpaired) electrons. The summed E-state index contributed by atoms with van der Waals surface area (Å²) < 4.78 is 7.03. The number of aromatic nitrogens is 2. The van der Waals surface area contributed by atoms with Gasteiger partial charge >= 0.3 is 5.97 Å². The van der Waals surface area contributed by atoms with Crippen LogP contribution in [0.3, 0.4) is 0 Å². The lowest BCUT2D eigenvalue weighted by Gasteiger charge is -2.11. The van der Waals surface area contributed by atoms with Crippen molar-refractivity contribution in [2.45, 2.75) is 34.6 Å². The molecule has 0 amide bonds. The molecular weight excluding hydrogens is 432 g/mol. The quantitative estimate of drug-likeness (QED) is 0.262. The fourth-order valence-corrected chi connectivity index (χ4v) is 3.51. The van der Waals surface area contributed by atoms with Crippen LogP contribution in [-0.4, -0.2) is 28.0 Å². The smallest absolute Gasteiger partial charge is 0.335 e. The number of ether oxygens (including phenoxy) is 1. The number of carboxylic acids is 1. The topological polar surface area (TPSA) is 109 Å². The number of aromatic carboxylic acids is 1. The first kappa shape index (κ1) is 24.4. The van der Waals surface area contributed by atoms with Gasteiger partial charge in [-0.2, -0.15) is 0 Å². The molecular formula is C26H28N4O4. The molecule has 0 saturated carbocycles. The van der Waals surface area contributed by atoms with Gasteiger partial charge in [0.05, 0.1) is 24.1 Å². The van der Waals surface area contributed by atoms with Crippen molar-refractivity contribution in [3.05, 3.63) is 98.3 Å². The van der Waals surface area contributed by atoms with Gasteiger partial charge in [0.2, 0.25) is 0 Å². The average Bonchev–Trinajstić information content (AvgIpc) is 3.11. The molecule has 2 N–H and O–H groups in total. The molecule has 8 heteroatoms. The van der Waals surface area contributed by atoms with Crippen molar-refractivity contribution in [3.63, 3.8) is 0 Å². The van der Waals surface area contributed by atoms with Gasteiger partial charge in [0, 0.05) is 5.57 Å². The van der Waals surface area contributed by atoms with E-state index in [4.69, 9.17) is 4.74 Å². The number of rotatable bonds is 7. The second-order valence-electron chi connectivity index (χ2n) is 7.91. The van der Waals surface area contributed by atoms with Gasteiger partial charge in [0.25, 0.3) is 5.56 Å². The highest BCUT2D eigenvalue weighted by Crippen LogP contribution is 2.27. The molecule has 0 spiro atoms. The third-order valence-electron chi connectivity index (χ3n) is 5.64. The summed E-state index contributed by atoms with van der Waals surface area (Å²) in [6.45, 7) is 9.36. The largest absolute Gasteiger partial charge is 0.494 e. The van der Waals surface area contributed by atoms with Crippen LogP contribution < -0.4 is 5.56 Å². The van der Waals surface area contributed by atoms with Gasteiger partial charge in [-0.1, -0.05) is 24.3 Å². The van der Waals surface area contributed by atoms with Gasteiger partial charge in [-0.25, -0.2) is 9.48 Å². The molecule has 0 aliphatic heterocycles. The fourth-order valence-electron chi connectivity index (χ4n) is 3.51. The summed E-state index contributed by atoms with van der Waals surface area (Å²) in [6.07, 6.45) is 1.72. The SMILES string of the molecule is C/C=C(N=Nc1c(C)[nH]n(-c2ccc(C)c(C)c2)c1=O)\C(OC)=C(/C)c1cccc(C(=O)O)c1. The highest BCUT2D eigenvalue weighted by atomic mass is 16.5. The van der Waals surface area contributed by atoms with Crippen LogP contribution in [-0.2, 0) is 4.74 Å². The number of methoxy groups -OCH3 is 1. The van der Waals surface area contributed by atoms with E-state index in [0.29, 0.717) is 28.3 Å². The number of nitrogens with one attached hydrogen (secondary N) is 1. The molecule has 8 nitrogen and oxygen atoms in total. The second kappa shape index (κ2) is 10.2. The summed E-state index contributed by atoms with van der Waals surface area (Å²) in [7, 11) is 1.51. The van der Waals surface area contributed by atoms with Gasteiger partial charge in [0.15, 0.2) is 5.69 Å². The molecule has 34 heavy (non-hydrogen) atoms. The molecule has 0 bridgehead atoms. The minimum Gasteiger partial charge on any atom is -0.494 e. The van der Waals surface area contributed by atoms with E-state index in [1.165, 1.54) is 17.9 Å². The molecule has 3 aromatic rings. The summed E-state index contributed by atoms with van der Waals surface area (Å²) in [5.41, 5.74) is 5.36. The molecule has 3 rings (SSSR count). The van der Waals surface area contributed by atoms with Crippen LogP contribution in [0.5, 0.6) is 0 Å². The minimum absolute atomic E-state index is 0.172. The molecule has 176 valence electrons. The van der Waals surface area contributed by atoms with E-state index in [-0.39, 0.29) is 16.8 Å². The summed E-state index contributed by atoms with van der Waals surface area (Å²) in [5.74, 6) is -0.584. The number of allylic oxidation sites excluding steroid dienone is 2. The number of hydrogen-bond donors (Lipinski definition) is 2. The molecule has 0 atom stereocenters. The Kier molecular flexibility index (Phi) is 7.31. The Balaban J connectivity index is 2.00. The predicted octanol–water partition coefficient (Wildman–Crippen LogP) is 5.85. The number of carbonyl (C=O) groups is 1. The number of aryl methyl sites for hydroxylation is 3. The van der Waals surface area contributed by atoms with Crippen LogP contribution in [0.4, 0.5) is 5.69 Å². The average molecular weight is 461 g/mol. The van der Waals surface area contributed by atoms with E-state index < -0.39 is 5.97 Å². The summed E-state index contributed by atoms with van der Waals surface area (Å²) in [4.78, 5) is 24.4. The van der Waals surface area contributed by atoms with Crippen molar-refractivity contribution >= 4 is 17.2 Å². The molecule has 0 saturated heterocycles. The molecule has 2 aromatic carbocycles. The lowest BCUT2D eigenvalue weighted by Crippen LogP contribution is -2.14. The molecule has 0 fully saturated rings. The number of hydrogen-bond acceptors (Lipinski definition) is 5. The third-order valence-corrected chi connectivity index (χ3v) is 5.64. The number of aromatic amines is 1. The van der Waals surface area contributed by atoms with Crippen LogP contribution in [0.1, 0.15) is 46.6 Å². The van der Waals surface area contributed by atoms with Crippen molar-refractivity contribution < 1.29 is 14.6 Å². The highest BCUT2D eigenvalue weighted by molar-refractivity contribution is 5.89. The Bertz CT molecular complexity index is 1390. The zero-order valence-electron chi connectivity index (χ0n) is 20.1. The molecule has 0 aliphatic carbocycles. The number of azo groups is 1. The predicted molar refractivity (Wildman–Crippen MR) is 132 cm³/mol. The second-order valence-corrected chi connectivity index (χ2v) is 7.91. The summed E-state index contributed by atoms with van der Waals surface area (Å²) >= 11 is 0. The summed E-state index contributed by atoms with van der Waals surface area (Å²) in [5, 5.41) is 20.9. The van der Waals surface area contributed by atoms with Crippen LogP contribution in [0.15, 0.2) is 75.0 Å². The first-order valence-electron chi connectivity index (χ1n) is 10.7. The number of benzene rings is 2. The Morgan fingerprint density at radius 2 is 1.79 bits per heavy atom. The number of nitrogens with zero attached hydrogens (tertiary/aromatic N) is 3. The summed E-state index contributed by atoms with van der Waals surface area (Å²) in [6, 6.07) is 12.3. The van der Waals surface area contributed by atoms with Gasteiger partial charge in [-0.3, -0.25) is 9.89 Å². The van der Waals surface area contributed by atoms with Gasteiger partial charge < -0.3 is 9.84 Å². The van der Waals surface area contributed by atoms with Crippen LogP contribution in [0.2, 0.25) is 0 Å². The van der Waals surface area contributed by atoms with E-state index in [1.807, 2.05) is 39.0 Å². The van der Waals surface area contributed by atoms with Crippen molar-refractivity contribution in [1.82, 2.24) is 9.78 Å². The zero-order chi connectivity index (χ0) is 25.0. The zero-order valence-corrected chi connectivity index (χ0v) is 20.1. The van der Waals surface area contributed by atoms with Crippen LogP contribution in [0.25, 0.3) is 11.3 Å². The van der Waals surface area contributed by atoms with Crippen LogP contribution >= 0.6 is 0 Å². The van der Waals surface area contributed by atoms with Crippen molar-refractivity contribution in [2.75, 3.05) is 7.11 Å². The molecule has 0 unspecified atom stereocenters. The maximum atomic E-state index is 13.0. The first-order valence-corrected chi connectivity index (χ1v) is 10.7. The van der Waals surface area contributed by atoms with E-state index in [0.717, 1.165) is 16.8 Å². The van der Waals surface area contributed by atoms with E-state index in [2.05, 4.69) is 15.3 Å². The normalized spacial score (nSPS) is 12.7. The minimum atomic E-state index is -1.01.